The molecule has 2 aromatic rings. The van der Waals surface area contributed by atoms with Gasteiger partial charge in [0.1, 0.15) is 0 Å². The molecule has 1 aliphatic carbocycles. The Balaban J connectivity index is 1.46. The molecule has 0 radical (unpaired) electrons. The van der Waals surface area contributed by atoms with Crippen molar-refractivity contribution in [2.75, 3.05) is 26.2 Å². The molecular weight excluding hydrogens is 292 g/mol. The second-order valence-corrected chi connectivity index (χ2v) is 6.53. The van der Waals surface area contributed by atoms with Gasteiger partial charge in [0, 0.05) is 37.6 Å². The number of carbonyl (C=O) groups is 1. The minimum Gasteiger partial charge on any atom is -0.391 e. The number of aromatic amines is 1. The summed E-state index contributed by atoms with van der Waals surface area (Å²) in [7, 11) is 0. The average molecular weight is 314 g/mol. The van der Waals surface area contributed by atoms with E-state index in [-0.39, 0.29) is 18.1 Å². The maximum absolute atomic E-state index is 12.8. The number of amides is 1. The van der Waals surface area contributed by atoms with Crippen LogP contribution in [0, 0.1) is 0 Å². The van der Waals surface area contributed by atoms with Crippen molar-refractivity contribution in [3.63, 3.8) is 0 Å². The summed E-state index contributed by atoms with van der Waals surface area (Å²) in [6.45, 7) is 3.12. The number of aliphatic hydroxyl groups excluding tert-OH is 1. The molecule has 6 nitrogen and oxygen atoms in total. The van der Waals surface area contributed by atoms with E-state index in [4.69, 9.17) is 0 Å². The van der Waals surface area contributed by atoms with Gasteiger partial charge in [-0.1, -0.05) is 6.07 Å². The number of piperazine rings is 1. The number of aromatic nitrogens is 2. The van der Waals surface area contributed by atoms with Crippen molar-refractivity contribution in [3.05, 3.63) is 30.0 Å². The van der Waals surface area contributed by atoms with E-state index in [1.54, 1.807) is 6.20 Å². The molecule has 2 fully saturated rings. The first kappa shape index (κ1) is 14.7. The van der Waals surface area contributed by atoms with Crippen LogP contribution in [0.5, 0.6) is 0 Å². The van der Waals surface area contributed by atoms with Crippen molar-refractivity contribution >= 4 is 16.8 Å². The highest BCUT2D eigenvalue weighted by Crippen LogP contribution is 2.26. The zero-order valence-corrected chi connectivity index (χ0v) is 13.1. The summed E-state index contributed by atoms with van der Waals surface area (Å²) in [5.41, 5.74) is 1.61. The number of nitrogens with one attached hydrogen (secondary N) is 1. The molecule has 4 rings (SSSR count). The Morgan fingerprint density at radius 3 is 2.78 bits per heavy atom. The number of fused-ring (bicyclic) bond motifs is 1. The molecular formula is C17H22N4O2. The molecule has 6 heteroatoms. The SMILES string of the molecule is O=C(c1cccc2[nH]ncc12)N1CCN([C@@H]2CCC[C@@H]2O)CC1. The number of hydrogen-bond donors (Lipinski definition) is 2. The molecule has 2 aliphatic rings. The lowest BCUT2D eigenvalue weighted by Gasteiger charge is -2.39. The Morgan fingerprint density at radius 1 is 1.22 bits per heavy atom. The summed E-state index contributed by atoms with van der Waals surface area (Å²) < 4.78 is 0. The minimum absolute atomic E-state index is 0.0728. The van der Waals surface area contributed by atoms with Crippen molar-refractivity contribution < 1.29 is 9.90 Å². The molecule has 1 saturated carbocycles. The summed E-state index contributed by atoms with van der Waals surface area (Å²) >= 11 is 0. The highest BCUT2D eigenvalue weighted by Gasteiger charge is 2.33. The zero-order valence-electron chi connectivity index (χ0n) is 13.1. The molecule has 0 unspecified atom stereocenters. The summed E-state index contributed by atoms with van der Waals surface area (Å²) in [6.07, 6.45) is 4.61. The largest absolute Gasteiger partial charge is 0.391 e. The van der Waals surface area contributed by atoms with Crippen LogP contribution >= 0.6 is 0 Å². The monoisotopic (exact) mass is 314 g/mol. The minimum atomic E-state index is -0.197. The standard InChI is InChI=1S/C17H22N4O2/c22-16-6-2-5-15(16)20-7-9-21(10-8-20)17(23)12-3-1-4-14-13(12)11-18-19-14/h1,3-4,11,15-16,22H,2,5-10H2,(H,18,19)/t15-,16+/m1/s1. The number of hydrogen-bond acceptors (Lipinski definition) is 4. The van der Waals surface area contributed by atoms with Gasteiger partial charge in [-0.2, -0.15) is 5.10 Å². The summed E-state index contributed by atoms with van der Waals surface area (Å²) in [5.74, 6) is 0.0728. The third-order valence-corrected chi connectivity index (χ3v) is 5.23. The highest BCUT2D eigenvalue weighted by molar-refractivity contribution is 6.06. The predicted octanol–water partition coefficient (Wildman–Crippen LogP) is 1.23. The molecule has 0 spiro atoms. The Bertz CT molecular complexity index is 705. The summed E-state index contributed by atoms with van der Waals surface area (Å²) in [4.78, 5) is 17.1. The van der Waals surface area contributed by atoms with Crippen molar-refractivity contribution in [1.29, 1.82) is 0 Å². The number of carbonyl (C=O) groups excluding carboxylic acids is 1. The van der Waals surface area contributed by atoms with E-state index >= 15 is 0 Å². The first-order valence-electron chi connectivity index (χ1n) is 8.37. The molecule has 1 saturated heterocycles. The third-order valence-electron chi connectivity index (χ3n) is 5.23. The molecule has 23 heavy (non-hydrogen) atoms. The number of nitrogens with zero attached hydrogens (tertiary/aromatic N) is 3. The van der Waals surface area contributed by atoms with Gasteiger partial charge >= 0.3 is 0 Å². The Kier molecular flexibility index (Phi) is 3.79. The quantitative estimate of drug-likeness (QED) is 0.874. The van der Waals surface area contributed by atoms with Crippen LogP contribution < -0.4 is 0 Å². The van der Waals surface area contributed by atoms with Gasteiger partial charge in [-0.15, -0.1) is 0 Å². The fraction of sp³-hybridized carbons (Fsp3) is 0.529. The van der Waals surface area contributed by atoms with Gasteiger partial charge in [0.15, 0.2) is 0 Å². The van der Waals surface area contributed by atoms with Gasteiger partial charge < -0.3 is 10.0 Å². The lowest BCUT2D eigenvalue weighted by atomic mass is 10.1. The Morgan fingerprint density at radius 2 is 2.04 bits per heavy atom. The fourth-order valence-electron chi connectivity index (χ4n) is 3.93. The number of benzene rings is 1. The highest BCUT2D eigenvalue weighted by atomic mass is 16.3. The molecule has 1 amide bonds. The number of aliphatic hydroxyl groups is 1. The van der Waals surface area contributed by atoms with Gasteiger partial charge in [-0.25, -0.2) is 0 Å². The van der Waals surface area contributed by atoms with E-state index in [0.29, 0.717) is 5.56 Å². The molecule has 2 N–H and O–H groups in total. The molecule has 1 aromatic carbocycles. The summed E-state index contributed by atoms with van der Waals surface area (Å²) in [5, 5.41) is 17.9. The fourth-order valence-corrected chi connectivity index (χ4v) is 3.93. The third kappa shape index (κ3) is 2.62. The lowest BCUT2D eigenvalue weighted by molar-refractivity contribution is 0.0316. The molecule has 2 atom stereocenters. The van der Waals surface area contributed by atoms with Gasteiger partial charge in [0.2, 0.25) is 0 Å². The smallest absolute Gasteiger partial charge is 0.254 e. The van der Waals surface area contributed by atoms with Crippen molar-refractivity contribution in [2.45, 2.75) is 31.4 Å². The van der Waals surface area contributed by atoms with Crippen LogP contribution in [0.4, 0.5) is 0 Å². The number of rotatable bonds is 2. The van der Waals surface area contributed by atoms with Crippen LogP contribution in [-0.4, -0.2) is 69.3 Å². The normalized spacial score (nSPS) is 26.0. The molecule has 2 heterocycles. The van der Waals surface area contributed by atoms with Crippen LogP contribution in [0.1, 0.15) is 29.6 Å². The van der Waals surface area contributed by atoms with Crippen LogP contribution in [-0.2, 0) is 0 Å². The van der Waals surface area contributed by atoms with Crippen LogP contribution in [0.15, 0.2) is 24.4 Å². The average Bonchev–Trinajstić information content (AvgIpc) is 3.22. The Labute approximate surface area is 135 Å². The maximum atomic E-state index is 12.8. The number of H-pyrrole nitrogens is 1. The maximum Gasteiger partial charge on any atom is 0.254 e. The molecule has 122 valence electrons. The van der Waals surface area contributed by atoms with Crippen LogP contribution in [0.25, 0.3) is 10.9 Å². The van der Waals surface area contributed by atoms with Crippen molar-refractivity contribution in [3.8, 4) is 0 Å². The van der Waals surface area contributed by atoms with E-state index in [9.17, 15) is 9.90 Å². The van der Waals surface area contributed by atoms with Gasteiger partial charge in [0.25, 0.3) is 5.91 Å². The second-order valence-electron chi connectivity index (χ2n) is 6.53. The van der Waals surface area contributed by atoms with Crippen molar-refractivity contribution in [1.82, 2.24) is 20.0 Å². The van der Waals surface area contributed by atoms with Gasteiger partial charge in [-0.05, 0) is 31.4 Å². The van der Waals surface area contributed by atoms with Crippen LogP contribution in [0.2, 0.25) is 0 Å². The van der Waals surface area contributed by atoms with E-state index in [1.807, 2.05) is 23.1 Å². The van der Waals surface area contributed by atoms with Crippen molar-refractivity contribution in [2.24, 2.45) is 0 Å². The first-order valence-corrected chi connectivity index (χ1v) is 8.37. The molecule has 1 aromatic heterocycles. The van der Waals surface area contributed by atoms with E-state index in [1.165, 1.54) is 0 Å². The van der Waals surface area contributed by atoms with E-state index in [0.717, 1.165) is 56.3 Å². The molecule has 1 aliphatic heterocycles. The van der Waals surface area contributed by atoms with Gasteiger partial charge in [-0.3, -0.25) is 14.8 Å². The predicted molar refractivity (Wildman–Crippen MR) is 87.2 cm³/mol. The zero-order chi connectivity index (χ0) is 15.8. The van der Waals surface area contributed by atoms with Crippen LogP contribution in [0.3, 0.4) is 0 Å². The summed E-state index contributed by atoms with van der Waals surface area (Å²) in [6, 6.07) is 5.97. The second kappa shape index (κ2) is 5.94. The lowest BCUT2D eigenvalue weighted by Crippen LogP contribution is -2.53. The van der Waals surface area contributed by atoms with Gasteiger partial charge in [0.05, 0.1) is 23.4 Å². The topological polar surface area (TPSA) is 72.5 Å². The Hall–Kier alpha value is -1.92. The molecule has 0 bridgehead atoms. The van der Waals surface area contributed by atoms with E-state index in [2.05, 4.69) is 15.1 Å². The first-order chi connectivity index (χ1) is 11.2. The van der Waals surface area contributed by atoms with E-state index < -0.39 is 0 Å².